The number of benzene rings is 3. The number of hydrogen-bond donors (Lipinski definition) is 1. The van der Waals surface area contributed by atoms with E-state index in [4.69, 9.17) is 0 Å². The van der Waals surface area contributed by atoms with Crippen LogP contribution in [-0.4, -0.2) is 13.4 Å². The fraction of sp³-hybridized carbons (Fsp3) is 0.103. The summed E-state index contributed by atoms with van der Waals surface area (Å²) in [5.74, 6) is 0. The minimum atomic E-state index is -4.60. The topological polar surface area (TPSA) is 86.1 Å². The largest absolute Gasteiger partial charge is 0.416 e. The monoisotopic (exact) mass is 578 g/mol. The van der Waals surface area contributed by atoms with E-state index in [1.54, 1.807) is 12.1 Å². The number of sulfonamides is 1. The molecule has 0 spiro atoms. The van der Waals surface area contributed by atoms with E-state index < -0.39 is 21.8 Å². The van der Waals surface area contributed by atoms with E-state index in [0.29, 0.717) is 21.8 Å². The van der Waals surface area contributed by atoms with Crippen molar-refractivity contribution in [3.8, 4) is 6.07 Å². The number of nitrogens with one attached hydrogen (secondary N) is 1. The van der Waals surface area contributed by atoms with E-state index in [9.17, 15) is 26.9 Å². The molecule has 6 nitrogen and oxygen atoms in total. The number of fused-ring (bicyclic) bond motifs is 1. The summed E-state index contributed by atoms with van der Waals surface area (Å²) in [5.41, 5.74) is 2.79. The first kappa shape index (κ1) is 27.2. The third kappa shape index (κ3) is 5.36. The highest BCUT2D eigenvalue weighted by atomic mass is 32.2. The van der Waals surface area contributed by atoms with Crippen molar-refractivity contribution in [2.45, 2.75) is 24.9 Å². The van der Waals surface area contributed by atoms with Crippen LogP contribution in [0.3, 0.4) is 0 Å². The lowest BCUT2D eigenvalue weighted by Crippen LogP contribution is -2.22. The van der Waals surface area contributed by atoms with Gasteiger partial charge in [0.05, 0.1) is 26.2 Å². The number of hydrogen-bond acceptors (Lipinski definition) is 6. The van der Waals surface area contributed by atoms with Crippen molar-refractivity contribution in [2.75, 3.05) is 9.62 Å². The number of rotatable bonds is 5. The highest BCUT2D eigenvalue weighted by Crippen LogP contribution is 2.36. The Bertz CT molecular complexity index is 1830. The molecule has 0 saturated heterocycles. The van der Waals surface area contributed by atoms with Gasteiger partial charge in [-0.1, -0.05) is 24.3 Å². The zero-order valence-corrected chi connectivity index (χ0v) is 22.8. The summed E-state index contributed by atoms with van der Waals surface area (Å²) in [6.07, 6.45) is -0.936. The summed E-state index contributed by atoms with van der Waals surface area (Å²) in [5, 5.41) is 10.6. The molecule has 1 N–H and O–H groups in total. The Hall–Kier alpha value is -4.40. The van der Waals surface area contributed by atoms with Crippen LogP contribution in [0, 0.1) is 11.3 Å². The number of thiazole rings is 1. The molecule has 11 heteroatoms. The molecule has 40 heavy (non-hydrogen) atoms. The lowest BCUT2D eigenvalue weighted by molar-refractivity contribution is -0.137. The minimum Gasteiger partial charge on any atom is -0.318 e. The van der Waals surface area contributed by atoms with Gasteiger partial charge in [-0.3, -0.25) is 4.72 Å². The summed E-state index contributed by atoms with van der Waals surface area (Å²) in [7, 11) is -4.19. The highest BCUT2D eigenvalue weighted by Gasteiger charge is 2.31. The fourth-order valence-electron chi connectivity index (χ4n) is 4.43. The zero-order valence-electron chi connectivity index (χ0n) is 21.2. The molecule has 2 heterocycles. The van der Waals surface area contributed by atoms with Crippen molar-refractivity contribution in [1.29, 1.82) is 5.26 Å². The van der Waals surface area contributed by atoms with Crippen molar-refractivity contribution in [1.82, 2.24) is 4.98 Å². The molecule has 0 amide bonds. The third-order valence-electron chi connectivity index (χ3n) is 6.17. The van der Waals surface area contributed by atoms with E-state index in [1.807, 2.05) is 55.2 Å². The number of anilines is 2. The minimum absolute atomic E-state index is 0.114. The molecule has 0 fully saturated rings. The standard InChI is InChI=1S/C29H21F3N4O2S2/c1-18-13-20(25(17-33)28-34-26-11-3-4-12-27(26)39-28)14-19(2)36(18)23-9-6-10-24(16-23)40(37,38)35-22-8-5-7-21(15-22)29(30,31)32/h3-16,35H,1-2H3. The van der Waals surface area contributed by atoms with E-state index in [2.05, 4.69) is 15.8 Å². The number of aromatic nitrogens is 1. The summed E-state index contributed by atoms with van der Waals surface area (Å²) in [6.45, 7) is 3.68. The van der Waals surface area contributed by atoms with Gasteiger partial charge in [0, 0.05) is 22.8 Å². The number of alkyl halides is 3. The molecule has 0 saturated carbocycles. The van der Waals surface area contributed by atoms with E-state index >= 15 is 0 Å². The molecular weight excluding hydrogens is 557 g/mol. The first-order valence-corrected chi connectivity index (χ1v) is 14.2. The Kier molecular flexibility index (Phi) is 6.99. The molecule has 1 aliphatic rings. The Morgan fingerprint density at radius 2 is 1.68 bits per heavy atom. The second-order valence-corrected chi connectivity index (χ2v) is 11.7. The quantitative estimate of drug-likeness (QED) is 0.245. The molecule has 1 aromatic heterocycles. The van der Waals surface area contributed by atoms with Crippen molar-refractivity contribution >= 4 is 48.5 Å². The van der Waals surface area contributed by atoms with Crippen LogP contribution in [0.25, 0.3) is 15.8 Å². The van der Waals surface area contributed by atoms with Gasteiger partial charge >= 0.3 is 6.18 Å². The second-order valence-electron chi connectivity index (χ2n) is 9.02. The van der Waals surface area contributed by atoms with Gasteiger partial charge in [0.25, 0.3) is 10.0 Å². The van der Waals surface area contributed by atoms with Crippen molar-refractivity contribution in [3.63, 3.8) is 0 Å². The van der Waals surface area contributed by atoms with Gasteiger partial charge in [-0.05, 0) is 80.1 Å². The molecule has 0 unspecified atom stereocenters. The molecule has 1 aliphatic heterocycles. The van der Waals surface area contributed by atoms with E-state index in [1.165, 1.54) is 29.5 Å². The smallest absolute Gasteiger partial charge is 0.318 e. The maximum atomic E-state index is 13.1. The van der Waals surface area contributed by atoms with Gasteiger partial charge in [-0.25, -0.2) is 13.4 Å². The number of nitriles is 1. The van der Waals surface area contributed by atoms with Crippen LogP contribution >= 0.6 is 11.3 Å². The Labute approximate surface area is 233 Å². The van der Waals surface area contributed by atoms with Gasteiger partial charge in [0.15, 0.2) is 0 Å². The van der Waals surface area contributed by atoms with E-state index in [-0.39, 0.29) is 10.6 Å². The summed E-state index contributed by atoms with van der Waals surface area (Å²) in [4.78, 5) is 6.33. The van der Waals surface area contributed by atoms with Gasteiger partial charge < -0.3 is 4.90 Å². The molecule has 0 aliphatic carbocycles. The Morgan fingerprint density at radius 1 is 0.975 bits per heavy atom. The summed E-state index contributed by atoms with van der Waals surface area (Å²) < 4.78 is 68.6. The summed E-state index contributed by atoms with van der Waals surface area (Å²) >= 11 is 1.43. The SMILES string of the molecule is CC1=CC(=C(C#N)c2nc3ccccc3s2)C=C(C)N1c1cccc(S(=O)(=O)Nc2cccc(C(F)(F)F)c2)c1. The lowest BCUT2D eigenvalue weighted by Gasteiger charge is -2.30. The van der Waals surface area contributed by atoms with E-state index in [0.717, 1.165) is 39.8 Å². The van der Waals surface area contributed by atoms with Crippen LogP contribution in [0.15, 0.2) is 107 Å². The van der Waals surface area contributed by atoms with Crippen molar-refractivity contribution in [3.05, 3.63) is 112 Å². The summed E-state index contributed by atoms with van der Waals surface area (Å²) in [6, 6.07) is 20.0. The maximum absolute atomic E-state index is 13.1. The first-order valence-electron chi connectivity index (χ1n) is 11.9. The normalized spacial score (nSPS) is 14.0. The Morgan fingerprint density at radius 3 is 2.35 bits per heavy atom. The van der Waals surface area contributed by atoms with Crippen LogP contribution in [0.4, 0.5) is 24.5 Å². The Balaban J connectivity index is 1.46. The molecule has 0 radical (unpaired) electrons. The number of para-hydroxylation sites is 1. The zero-order chi connectivity index (χ0) is 28.7. The van der Waals surface area contributed by atoms with Gasteiger partial charge in [0.2, 0.25) is 0 Å². The van der Waals surface area contributed by atoms with Crippen LogP contribution < -0.4 is 9.62 Å². The average molecular weight is 579 g/mol. The lowest BCUT2D eigenvalue weighted by atomic mass is 10.0. The number of halogens is 3. The first-order chi connectivity index (χ1) is 19.0. The fourth-order valence-corrected chi connectivity index (χ4v) is 6.50. The molecule has 3 aromatic carbocycles. The molecular formula is C29H21F3N4O2S2. The third-order valence-corrected chi connectivity index (χ3v) is 8.60. The predicted molar refractivity (Wildman–Crippen MR) is 151 cm³/mol. The molecule has 5 rings (SSSR count). The van der Waals surface area contributed by atoms with Crippen molar-refractivity contribution in [2.24, 2.45) is 0 Å². The van der Waals surface area contributed by atoms with Crippen LogP contribution in [0.5, 0.6) is 0 Å². The molecule has 202 valence electrons. The van der Waals surface area contributed by atoms with Gasteiger partial charge in [-0.15, -0.1) is 11.3 Å². The molecule has 0 atom stereocenters. The van der Waals surface area contributed by atoms with Crippen LogP contribution in [0.2, 0.25) is 0 Å². The van der Waals surface area contributed by atoms with Gasteiger partial charge in [0.1, 0.15) is 11.1 Å². The second kappa shape index (κ2) is 10.3. The van der Waals surface area contributed by atoms with Crippen LogP contribution in [-0.2, 0) is 16.2 Å². The number of allylic oxidation sites excluding steroid dienone is 6. The van der Waals surface area contributed by atoms with Crippen molar-refractivity contribution < 1.29 is 21.6 Å². The number of nitrogens with zero attached hydrogens (tertiary/aromatic N) is 3. The van der Waals surface area contributed by atoms with Crippen LogP contribution in [0.1, 0.15) is 24.4 Å². The molecule has 0 bridgehead atoms. The predicted octanol–water partition coefficient (Wildman–Crippen LogP) is 7.72. The molecule has 4 aromatic rings. The highest BCUT2D eigenvalue weighted by molar-refractivity contribution is 7.92. The maximum Gasteiger partial charge on any atom is 0.416 e. The average Bonchev–Trinajstić information content (AvgIpc) is 3.32. The van der Waals surface area contributed by atoms with Gasteiger partial charge in [-0.2, -0.15) is 18.4 Å².